The second kappa shape index (κ2) is 31.3. The molecule has 0 heterocycles. The van der Waals surface area contributed by atoms with Gasteiger partial charge in [-0.3, -0.25) is 4.18 Å². The average molecular weight is 419 g/mol. The zero-order chi connectivity index (χ0) is 20.5. The second-order valence-electron chi connectivity index (χ2n) is 5.90. The maximum Gasteiger partial charge on any atom is 1.00 e. The van der Waals surface area contributed by atoms with E-state index in [0.29, 0.717) is 6.42 Å². The van der Waals surface area contributed by atoms with E-state index in [4.69, 9.17) is 4.74 Å². The summed E-state index contributed by atoms with van der Waals surface area (Å²) in [6, 6.07) is 0. The number of rotatable bonds is 16. The van der Waals surface area contributed by atoms with Crippen LogP contribution in [0.5, 0.6) is 0 Å². The molecule has 0 saturated heterocycles. The van der Waals surface area contributed by atoms with Crippen molar-refractivity contribution >= 4 is 10.4 Å². The number of ether oxygens (including phenoxy) is 1. The molecular weight excluding hydrogens is 375 g/mol. The van der Waals surface area contributed by atoms with Crippen molar-refractivity contribution in [1.29, 1.82) is 0 Å². The van der Waals surface area contributed by atoms with Gasteiger partial charge in [-0.25, -0.2) is 8.42 Å². The summed E-state index contributed by atoms with van der Waals surface area (Å²) in [5.74, 6) is 0. The first-order chi connectivity index (χ1) is 12.5. The molecule has 0 aromatic heterocycles. The van der Waals surface area contributed by atoms with Crippen LogP contribution in [-0.2, 0) is 19.3 Å². The average Bonchev–Trinajstić information content (AvgIpc) is 2.61. The molecule has 0 fully saturated rings. The Morgan fingerprint density at radius 3 is 1.30 bits per heavy atom. The van der Waals surface area contributed by atoms with E-state index in [1.54, 1.807) is 0 Å². The third kappa shape index (κ3) is 46.5. The zero-order valence-corrected chi connectivity index (χ0v) is 21.3. The van der Waals surface area contributed by atoms with Gasteiger partial charge in [-0.05, 0) is 20.3 Å². The van der Waals surface area contributed by atoms with E-state index in [2.05, 4.69) is 24.3 Å². The normalized spacial score (nSPS) is 10.1. The molecule has 0 amide bonds. The van der Waals surface area contributed by atoms with Crippen LogP contribution in [0.25, 0.3) is 0 Å². The van der Waals surface area contributed by atoms with Gasteiger partial charge in [-0.15, -0.1) is 13.2 Å². The van der Waals surface area contributed by atoms with Crippen molar-refractivity contribution in [2.75, 3.05) is 19.8 Å². The summed E-state index contributed by atoms with van der Waals surface area (Å²) in [4.78, 5) is 0. The van der Waals surface area contributed by atoms with Crippen LogP contribution in [0.4, 0.5) is 0 Å². The molecule has 5 nitrogen and oxygen atoms in total. The molecule has 0 saturated carbocycles. The minimum atomic E-state index is -4.49. The van der Waals surface area contributed by atoms with E-state index in [9.17, 15) is 13.0 Å². The first-order valence-electron chi connectivity index (χ1n) is 10.2. The molecule has 0 rings (SSSR count). The van der Waals surface area contributed by atoms with Crippen molar-refractivity contribution in [3.8, 4) is 0 Å². The van der Waals surface area contributed by atoms with Gasteiger partial charge in [0.05, 0.1) is 6.61 Å². The number of unbranched alkanes of at least 4 members (excludes halogenated alkanes) is 11. The third-order valence-corrected chi connectivity index (χ3v) is 4.09. The monoisotopic (exact) mass is 418 g/mol. The topological polar surface area (TPSA) is 75.7 Å². The predicted octanol–water partition coefficient (Wildman–Crippen LogP) is 3.01. The Morgan fingerprint density at radius 2 is 1.04 bits per heavy atom. The van der Waals surface area contributed by atoms with Gasteiger partial charge in [0.1, 0.15) is 0 Å². The molecule has 0 aliphatic heterocycles. The fourth-order valence-corrected chi connectivity index (χ4v) is 2.63. The molecule has 0 aromatic carbocycles. The van der Waals surface area contributed by atoms with Crippen molar-refractivity contribution in [3.05, 3.63) is 13.2 Å². The van der Waals surface area contributed by atoms with Gasteiger partial charge in [0.25, 0.3) is 0 Å². The molecular formula is C20H43NaO5S. The molecule has 27 heavy (non-hydrogen) atoms. The van der Waals surface area contributed by atoms with Gasteiger partial charge >= 0.3 is 29.6 Å². The second-order valence-corrected chi connectivity index (χ2v) is 6.95. The minimum absolute atomic E-state index is 0. The van der Waals surface area contributed by atoms with Crippen molar-refractivity contribution in [2.24, 2.45) is 0 Å². The summed E-state index contributed by atoms with van der Waals surface area (Å²) in [5.41, 5.74) is 0. The molecule has 0 atom stereocenters. The molecule has 0 unspecified atom stereocenters. The van der Waals surface area contributed by atoms with E-state index in [1.807, 2.05) is 13.8 Å². The molecule has 160 valence electrons. The van der Waals surface area contributed by atoms with Crippen LogP contribution >= 0.6 is 0 Å². The molecule has 0 spiro atoms. The third-order valence-electron chi connectivity index (χ3n) is 3.63. The van der Waals surface area contributed by atoms with Crippen molar-refractivity contribution in [2.45, 2.75) is 97.8 Å². The van der Waals surface area contributed by atoms with Crippen molar-refractivity contribution in [3.63, 3.8) is 0 Å². The van der Waals surface area contributed by atoms with Gasteiger partial charge in [0.2, 0.25) is 10.4 Å². The Labute approximate surface area is 191 Å². The zero-order valence-electron chi connectivity index (χ0n) is 18.5. The molecule has 0 radical (unpaired) electrons. The maximum absolute atomic E-state index is 10.2. The van der Waals surface area contributed by atoms with E-state index in [0.717, 1.165) is 26.1 Å². The summed E-state index contributed by atoms with van der Waals surface area (Å²) in [6.45, 7) is 13.9. The van der Waals surface area contributed by atoms with Crippen molar-refractivity contribution in [1.82, 2.24) is 0 Å². The fourth-order valence-electron chi connectivity index (χ4n) is 2.31. The van der Waals surface area contributed by atoms with Crippen molar-refractivity contribution < 1.29 is 51.4 Å². The largest absolute Gasteiger partial charge is 1.00 e. The summed E-state index contributed by atoms with van der Waals surface area (Å²) in [7, 11) is -4.49. The van der Waals surface area contributed by atoms with Gasteiger partial charge in [0.15, 0.2) is 0 Å². The SMILES string of the molecule is C=C.CCCCCCCCCCCCCCOS(=O)(=O)[O-].CCOCC.[Na+]. The Balaban J connectivity index is -0.000000284. The molecule has 0 aromatic rings. The van der Waals surface area contributed by atoms with Crippen LogP contribution in [0.15, 0.2) is 13.2 Å². The summed E-state index contributed by atoms with van der Waals surface area (Å²) < 4.78 is 39.4. The summed E-state index contributed by atoms with van der Waals surface area (Å²) >= 11 is 0. The van der Waals surface area contributed by atoms with Gasteiger partial charge in [-0.2, -0.15) is 0 Å². The van der Waals surface area contributed by atoms with Crippen LogP contribution in [0.1, 0.15) is 97.8 Å². The molecule has 0 aliphatic carbocycles. The first-order valence-corrected chi connectivity index (χ1v) is 11.5. The van der Waals surface area contributed by atoms with Gasteiger partial charge in [0, 0.05) is 13.2 Å². The Bertz CT molecular complexity index is 335. The maximum atomic E-state index is 10.2. The van der Waals surface area contributed by atoms with E-state index in [-0.39, 0.29) is 36.2 Å². The Morgan fingerprint density at radius 1 is 0.704 bits per heavy atom. The Hall–Kier alpha value is 0.570. The predicted molar refractivity (Wildman–Crippen MR) is 110 cm³/mol. The standard InChI is InChI=1S/C14H30O4S.C4H10O.C2H4.Na/c1-2-3-4-5-6-7-8-9-10-11-12-13-14-18-19(15,16)17;1-3-5-4-2;1-2;/h2-14H2,1H3,(H,15,16,17);3-4H2,1-2H3;1-2H2;/q;;;+1/p-1. The summed E-state index contributed by atoms with van der Waals surface area (Å²) in [6.07, 6.45) is 14.5. The Kier molecular flexibility index (Phi) is 40.6. The number of hydrogen-bond acceptors (Lipinski definition) is 5. The van der Waals surface area contributed by atoms with Gasteiger partial charge in [-0.1, -0.05) is 77.6 Å². The summed E-state index contributed by atoms with van der Waals surface area (Å²) in [5, 5.41) is 0. The fraction of sp³-hybridized carbons (Fsp3) is 0.900. The quantitative estimate of drug-likeness (QED) is 0.127. The molecule has 0 N–H and O–H groups in total. The molecule has 7 heteroatoms. The van der Waals surface area contributed by atoms with E-state index < -0.39 is 10.4 Å². The first kappa shape index (κ1) is 35.0. The smallest absolute Gasteiger partial charge is 0.726 e. The van der Waals surface area contributed by atoms with E-state index in [1.165, 1.54) is 57.8 Å². The minimum Gasteiger partial charge on any atom is -0.726 e. The van der Waals surface area contributed by atoms with Gasteiger partial charge < -0.3 is 9.29 Å². The van der Waals surface area contributed by atoms with Crippen LogP contribution in [0.2, 0.25) is 0 Å². The van der Waals surface area contributed by atoms with E-state index >= 15 is 0 Å². The molecule has 0 bridgehead atoms. The van der Waals surface area contributed by atoms with Crippen LogP contribution in [0.3, 0.4) is 0 Å². The number of hydrogen-bond donors (Lipinski definition) is 0. The molecule has 0 aliphatic rings. The van der Waals surface area contributed by atoms with Crippen LogP contribution < -0.4 is 29.6 Å². The van der Waals surface area contributed by atoms with Crippen LogP contribution in [0, 0.1) is 0 Å². The van der Waals surface area contributed by atoms with Crippen LogP contribution in [-0.4, -0.2) is 32.8 Å².